The summed E-state index contributed by atoms with van der Waals surface area (Å²) in [5.41, 5.74) is 1.88. The number of benzene rings is 1. The van der Waals surface area contributed by atoms with Crippen LogP contribution >= 0.6 is 0 Å². The first-order valence-electron chi connectivity index (χ1n) is 3.82. The molecular weight excluding hydrogens is 162 g/mol. The van der Waals surface area contributed by atoms with Gasteiger partial charge in [-0.15, -0.1) is 0 Å². The summed E-state index contributed by atoms with van der Waals surface area (Å²) >= 11 is 0. The molecule has 0 amide bonds. The van der Waals surface area contributed by atoms with Gasteiger partial charge in [0.2, 0.25) is 0 Å². The Morgan fingerprint density at radius 3 is 2.77 bits per heavy atom. The van der Waals surface area contributed by atoms with Crippen molar-refractivity contribution in [2.45, 2.75) is 6.92 Å². The molecule has 0 N–H and O–H groups in total. The Morgan fingerprint density at radius 1 is 1.38 bits per heavy atom. The molecule has 0 saturated carbocycles. The van der Waals surface area contributed by atoms with E-state index in [9.17, 15) is 0 Å². The zero-order valence-corrected chi connectivity index (χ0v) is 7.59. The SMILES string of the molecule is COc1ccc(C)c(C#CC#N)c1. The Balaban J connectivity index is 3.13. The minimum atomic E-state index is 0.757. The predicted octanol–water partition coefficient (Wildman–Crippen LogP) is 1.88. The zero-order valence-electron chi connectivity index (χ0n) is 7.59. The van der Waals surface area contributed by atoms with E-state index >= 15 is 0 Å². The number of ether oxygens (including phenoxy) is 1. The van der Waals surface area contributed by atoms with Gasteiger partial charge in [-0.25, -0.2) is 0 Å². The van der Waals surface area contributed by atoms with E-state index < -0.39 is 0 Å². The monoisotopic (exact) mass is 171 g/mol. The van der Waals surface area contributed by atoms with Crippen LogP contribution in [0.4, 0.5) is 0 Å². The fourth-order valence-corrected chi connectivity index (χ4v) is 0.958. The fraction of sp³-hybridized carbons (Fsp3) is 0.182. The van der Waals surface area contributed by atoms with E-state index in [1.165, 1.54) is 0 Å². The molecule has 0 radical (unpaired) electrons. The van der Waals surface area contributed by atoms with E-state index in [-0.39, 0.29) is 0 Å². The Hall–Kier alpha value is -1.93. The second kappa shape index (κ2) is 4.18. The molecule has 0 heterocycles. The summed E-state index contributed by atoms with van der Waals surface area (Å²) in [5, 5.41) is 8.29. The number of hydrogen-bond donors (Lipinski definition) is 0. The van der Waals surface area contributed by atoms with Crippen LogP contribution in [-0.2, 0) is 0 Å². The molecule has 0 aliphatic carbocycles. The van der Waals surface area contributed by atoms with Crippen molar-refractivity contribution in [1.82, 2.24) is 0 Å². The van der Waals surface area contributed by atoms with Crippen LogP contribution in [0.5, 0.6) is 5.75 Å². The van der Waals surface area contributed by atoms with Gasteiger partial charge in [0, 0.05) is 11.5 Å². The van der Waals surface area contributed by atoms with Crippen molar-refractivity contribution in [3.8, 4) is 23.7 Å². The van der Waals surface area contributed by atoms with Gasteiger partial charge in [-0.1, -0.05) is 12.0 Å². The maximum atomic E-state index is 8.29. The Labute approximate surface area is 77.8 Å². The van der Waals surface area contributed by atoms with Gasteiger partial charge in [0.05, 0.1) is 7.11 Å². The van der Waals surface area contributed by atoms with Crippen LogP contribution in [-0.4, -0.2) is 7.11 Å². The zero-order chi connectivity index (χ0) is 9.68. The third kappa shape index (κ3) is 2.25. The summed E-state index contributed by atoms with van der Waals surface area (Å²) in [6.45, 7) is 1.95. The van der Waals surface area contributed by atoms with Gasteiger partial charge in [0.25, 0.3) is 0 Å². The molecule has 13 heavy (non-hydrogen) atoms. The molecule has 0 saturated heterocycles. The standard InChI is InChI=1S/C11H9NO/c1-9-5-6-11(13-2)8-10(9)4-3-7-12/h5-6,8H,1-2H3. The maximum Gasteiger partial charge on any atom is 0.152 e. The first-order chi connectivity index (χ1) is 6.27. The molecule has 0 aliphatic heterocycles. The van der Waals surface area contributed by atoms with Crippen LogP contribution < -0.4 is 4.74 Å². The lowest BCUT2D eigenvalue weighted by Crippen LogP contribution is -1.86. The number of nitriles is 1. The summed E-state index contributed by atoms with van der Waals surface area (Å²) < 4.78 is 5.04. The molecule has 0 aromatic heterocycles. The maximum absolute atomic E-state index is 8.29. The first-order valence-corrected chi connectivity index (χ1v) is 3.82. The molecule has 0 atom stereocenters. The molecule has 0 unspecified atom stereocenters. The van der Waals surface area contributed by atoms with Crippen LogP contribution in [0.15, 0.2) is 18.2 Å². The van der Waals surface area contributed by atoms with Crippen LogP contribution in [0, 0.1) is 30.1 Å². The smallest absolute Gasteiger partial charge is 0.152 e. The number of nitrogens with zero attached hydrogens (tertiary/aromatic N) is 1. The summed E-state index contributed by atoms with van der Waals surface area (Å²) in [5.74, 6) is 5.86. The van der Waals surface area contributed by atoms with E-state index in [0.29, 0.717) is 0 Å². The average molecular weight is 171 g/mol. The molecular formula is C11H9NO. The highest BCUT2D eigenvalue weighted by atomic mass is 16.5. The quantitative estimate of drug-likeness (QED) is 0.604. The summed E-state index contributed by atoms with van der Waals surface area (Å²) in [6, 6.07) is 7.38. The van der Waals surface area contributed by atoms with Gasteiger partial charge in [-0.2, -0.15) is 5.26 Å². The Morgan fingerprint density at radius 2 is 2.15 bits per heavy atom. The first kappa shape index (κ1) is 9.16. The molecule has 1 aromatic rings. The van der Waals surface area contributed by atoms with Crippen molar-refractivity contribution in [3.05, 3.63) is 29.3 Å². The Bertz CT molecular complexity index is 404. The normalized spacial score (nSPS) is 8.08. The molecule has 2 nitrogen and oxygen atoms in total. The van der Waals surface area contributed by atoms with E-state index in [2.05, 4.69) is 11.8 Å². The molecule has 0 bridgehead atoms. The van der Waals surface area contributed by atoms with Gasteiger partial charge < -0.3 is 4.74 Å². The largest absolute Gasteiger partial charge is 0.497 e. The Kier molecular flexibility index (Phi) is 2.95. The highest BCUT2D eigenvalue weighted by Gasteiger charge is 1.96. The van der Waals surface area contributed by atoms with Gasteiger partial charge in [-0.05, 0) is 24.6 Å². The molecule has 1 aromatic carbocycles. The van der Waals surface area contributed by atoms with Gasteiger partial charge in [0.1, 0.15) is 5.75 Å². The number of methoxy groups -OCH3 is 1. The highest BCUT2D eigenvalue weighted by Crippen LogP contribution is 2.15. The fourth-order valence-electron chi connectivity index (χ4n) is 0.958. The van der Waals surface area contributed by atoms with Gasteiger partial charge >= 0.3 is 0 Å². The third-order valence-corrected chi connectivity index (χ3v) is 1.70. The second-order valence-electron chi connectivity index (χ2n) is 2.54. The topological polar surface area (TPSA) is 33.0 Å². The van der Waals surface area contributed by atoms with E-state index in [0.717, 1.165) is 16.9 Å². The predicted molar refractivity (Wildman–Crippen MR) is 50.2 cm³/mol. The van der Waals surface area contributed by atoms with Gasteiger partial charge in [-0.3, -0.25) is 0 Å². The lowest BCUT2D eigenvalue weighted by molar-refractivity contribution is 0.414. The van der Waals surface area contributed by atoms with Crippen LogP contribution in [0.1, 0.15) is 11.1 Å². The molecule has 2 heteroatoms. The third-order valence-electron chi connectivity index (χ3n) is 1.70. The lowest BCUT2D eigenvalue weighted by Gasteiger charge is -2.01. The van der Waals surface area contributed by atoms with Crippen LogP contribution in [0.3, 0.4) is 0 Å². The average Bonchev–Trinajstić information content (AvgIpc) is 2.17. The van der Waals surface area contributed by atoms with Crippen molar-refractivity contribution >= 4 is 0 Å². The lowest BCUT2D eigenvalue weighted by atomic mass is 10.1. The molecule has 64 valence electrons. The molecule has 1 rings (SSSR count). The minimum absolute atomic E-state index is 0.757. The molecule has 0 aliphatic rings. The number of rotatable bonds is 1. The van der Waals surface area contributed by atoms with E-state index in [4.69, 9.17) is 10.00 Å². The summed E-state index contributed by atoms with van der Waals surface area (Å²) in [6.07, 6.45) is 0. The van der Waals surface area contributed by atoms with Crippen molar-refractivity contribution < 1.29 is 4.74 Å². The minimum Gasteiger partial charge on any atom is -0.497 e. The summed E-state index contributed by atoms with van der Waals surface area (Å²) in [4.78, 5) is 0. The van der Waals surface area contributed by atoms with Crippen molar-refractivity contribution in [3.63, 3.8) is 0 Å². The van der Waals surface area contributed by atoms with E-state index in [1.807, 2.05) is 25.1 Å². The highest BCUT2D eigenvalue weighted by molar-refractivity contribution is 5.46. The van der Waals surface area contributed by atoms with Crippen molar-refractivity contribution in [1.29, 1.82) is 5.26 Å². The second-order valence-corrected chi connectivity index (χ2v) is 2.54. The summed E-state index contributed by atoms with van der Waals surface area (Å²) in [7, 11) is 1.60. The van der Waals surface area contributed by atoms with Crippen molar-refractivity contribution in [2.75, 3.05) is 7.11 Å². The van der Waals surface area contributed by atoms with Crippen LogP contribution in [0.2, 0.25) is 0 Å². The van der Waals surface area contributed by atoms with E-state index in [1.54, 1.807) is 13.2 Å². The molecule has 0 fully saturated rings. The number of hydrogen-bond acceptors (Lipinski definition) is 2. The molecule has 0 spiro atoms. The van der Waals surface area contributed by atoms with Gasteiger partial charge in [0.15, 0.2) is 6.07 Å². The van der Waals surface area contributed by atoms with Crippen LogP contribution in [0.25, 0.3) is 0 Å². The van der Waals surface area contributed by atoms with Crippen molar-refractivity contribution in [2.24, 2.45) is 0 Å². The number of aryl methyl sites for hydroxylation is 1.